The van der Waals surface area contributed by atoms with Gasteiger partial charge >= 0.3 is 0 Å². The topological polar surface area (TPSA) is 43.7 Å². The van der Waals surface area contributed by atoms with Crippen molar-refractivity contribution in [2.75, 3.05) is 26.3 Å². The maximum atomic E-state index is 13.0. The third kappa shape index (κ3) is 3.18. The van der Waals surface area contributed by atoms with Crippen LogP contribution in [0.1, 0.15) is 25.3 Å². The highest BCUT2D eigenvalue weighted by molar-refractivity contribution is 5.86. The van der Waals surface area contributed by atoms with Gasteiger partial charge in [0.1, 0.15) is 6.54 Å². The van der Waals surface area contributed by atoms with Crippen LogP contribution < -0.4 is 0 Å². The number of amides is 1. The molecular weight excluding hydrogens is 316 g/mol. The van der Waals surface area contributed by atoms with Gasteiger partial charge in [-0.15, -0.1) is 0 Å². The molecule has 0 N–H and O–H groups in total. The number of aromatic nitrogens is 1. The van der Waals surface area contributed by atoms with Gasteiger partial charge in [-0.3, -0.25) is 4.79 Å². The van der Waals surface area contributed by atoms with Crippen LogP contribution in [0.2, 0.25) is 0 Å². The van der Waals surface area contributed by atoms with Crippen molar-refractivity contribution in [2.24, 2.45) is 0 Å². The van der Waals surface area contributed by atoms with Crippen LogP contribution in [0, 0.1) is 6.92 Å². The van der Waals surface area contributed by atoms with Crippen LogP contribution in [0.15, 0.2) is 30.5 Å². The summed E-state index contributed by atoms with van der Waals surface area (Å²) in [7, 11) is 0. The van der Waals surface area contributed by atoms with Crippen molar-refractivity contribution < 1.29 is 14.3 Å². The Balaban J connectivity index is 1.53. The molecule has 1 amide bonds. The molecule has 2 aliphatic rings. The third-order valence-corrected chi connectivity index (χ3v) is 5.46. The molecule has 1 unspecified atom stereocenters. The van der Waals surface area contributed by atoms with Gasteiger partial charge in [-0.05, 0) is 25.5 Å². The smallest absolute Gasteiger partial charge is 0.242 e. The lowest BCUT2D eigenvalue weighted by Crippen LogP contribution is -2.58. The van der Waals surface area contributed by atoms with Gasteiger partial charge in [0.15, 0.2) is 0 Å². The van der Waals surface area contributed by atoms with E-state index in [9.17, 15) is 4.79 Å². The second-order valence-corrected chi connectivity index (χ2v) is 7.46. The second kappa shape index (κ2) is 6.46. The van der Waals surface area contributed by atoms with E-state index in [1.165, 1.54) is 10.9 Å². The van der Waals surface area contributed by atoms with E-state index in [-0.39, 0.29) is 17.6 Å². The fourth-order valence-corrected chi connectivity index (χ4v) is 4.24. The van der Waals surface area contributed by atoms with E-state index in [0.717, 1.165) is 31.6 Å². The summed E-state index contributed by atoms with van der Waals surface area (Å²) in [6, 6.07) is 8.26. The first-order chi connectivity index (χ1) is 12.1. The molecule has 2 aromatic rings. The van der Waals surface area contributed by atoms with E-state index in [1.54, 1.807) is 0 Å². The van der Waals surface area contributed by atoms with Crippen LogP contribution in [0.25, 0.3) is 10.9 Å². The van der Waals surface area contributed by atoms with Crippen molar-refractivity contribution in [1.82, 2.24) is 9.47 Å². The molecule has 2 aliphatic heterocycles. The van der Waals surface area contributed by atoms with Crippen LogP contribution >= 0.6 is 0 Å². The minimum atomic E-state index is -0.222. The molecule has 0 radical (unpaired) electrons. The Morgan fingerprint density at radius 2 is 2.04 bits per heavy atom. The Hall–Kier alpha value is -1.85. The second-order valence-electron chi connectivity index (χ2n) is 7.46. The largest absolute Gasteiger partial charge is 0.381 e. The molecule has 4 rings (SSSR count). The summed E-state index contributed by atoms with van der Waals surface area (Å²) in [5.41, 5.74) is 2.11. The highest BCUT2D eigenvalue weighted by Gasteiger charge is 2.42. The van der Waals surface area contributed by atoms with Crippen LogP contribution in [-0.2, 0) is 20.8 Å². The quantitative estimate of drug-likeness (QED) is 0.843. The van der Waals surface area contributed by atoms with Crippen LogP contribution in [0.3, 0.4) is 0 Å². The first kappa shape index (κ1) is 16.6. The standard InChI is InChI=1S/C20H26N2O3/c1-15-11-21(18-6-4-3-5-17(15)18)13-19(23)22-12-16(2)25-20(14-22)7-9-24-10-8-20/h3-6,11,16H,7-10,12-14H2,1-2H3. The summed E-state index contributed by atoms with van der Waals surface area (Å²) in [5, 5.41) is 1.21. The summed E-state index contributed by atoms with van der Waals surface area (Å²) in [6.07, 6.45) is 3.88. The number of nitrogens with zero attached hydrogens (tertiary/aromatic N) is 2. The molecule has 0 bridgehead atoms. The van der Waals surface area contributed by atoms with Crippen LogP contribution in [0.4, 0.5) is 0 Å². The lowest BCUT2D eigenvalue weighted by atomic mass is 9.91. The summed E-state index contributed by atoms with van der Waals surface area (Å²) in [6.45, 7) is 7.32. The van der Waals surface area contributed by atoms with Crippen molar-refractivity contribution in [3.63, 3.8) is 0 Å². The Kier molecular flexibility index (Phi) is 4.29. The predicted octanol–water partition coefficient (Wildman–Crippen LogP) is 2.75. The molecule has 0 aliphatic carbocycles. The first-order valence-corrected chi connectivity index (χ1v) is 9.14. The first-order valence-electron chi connectivity index (χ1n) is 9.14. The number of hydrogen-bond acceptors (Lipinski definition) is 3. The van der Waals surface area contributed by atoms with E-state index >= 15 is 0 Å². The minimum absolute atomic E-state index is 0.0685. The fourth-order valence-electron chi connectivity index (χ4n) is 4.24. The van der Waals surface area contributed by atoms with Gasteiger partial charge in [0.2, 0.25) is 5.91 Å². The number of aryl methyl sites for hydroxylation is 1. The highest BCUT2D eigenvalue weighted by atomic mass is 16.5. The van der Waals surface area contributed by atoms with Gasteiger partial charge < -0.3 is 18.9 Å². The van der Waals surface area contributed by atoms with E-state index in [0.29, 0.717) is 19.6 Å². The number of rotatable bonds is 2. The Morgan fingerprint density at radius 3 is 2.84 bits per heavy atom. The molecule has 0 saturated carbocycles. The van der Waals surface area contributed by atoms with E-state index in [4.69, 9.17) is 9.47 Å². The fraction of sp³-hybridized carbons (Fsp3) is 0.550. The molecule has 2 saturated heterocycles. The molecule has 1 atom stereocenters. The average molecular weight is 342 g/mol. The van der Waals surface area contributed by atoms with Gasteiger partial charge in [0.05, 0.1) is 18.2 Å². The van der Waals surface area contributed by atoms with E-state index < -0.39 is 0 Å². The number of carbonyl (C=O) groups excluding carboxylic acids is 1. The molecule has 1 aromatic carbocycles. The van der Waals surface area contributed by atoms with Gasteiger partial charge in [-0.25, -0.2) is 0 Å². The van der Waals surface area contributed by atoms with Gasteiger partial charge in [-0.1, -0.05) is 18.2 Å². The van der Waals surface area contributed by atoms with Crippen LogP contribution in [0.5, 0.6) is 0 Å². The third-order valence-electron chi connectivity index (χ3n) is 5.46. The van der Waals surface area contributed by atoms with E-state index in [2.05, 4.69) is 36.7 Å². The maximum Gasteiger partial charge on any atom is 0.242 e. The number of hydrogen-bond donors (Lipinski definition) is 0. The molecule has 25 heavy (non-hydrogen) atoms. The normalized spacial score (nSPS) is 23.3. The Morgan fingerprint density at radius 1 is 1.28 bits per heavy atom. The zero-order chi connectivity index (χ0) is 17.4. The molecular formula is C20H26N2O3. The number of benzene rings is 1. The zero-order valence-corrected chi connectivity index (χ0v) is 15.0. The Bertz CT molecular complexity index is 776. The summed E-state index contributed by atoms with van der Waals surface area (Å²) in [5.74, 6) is 0.168. The van der Waals surface area contributed by atoms with Crippen molar-refractivity contribution in [2.45, 2.75) is 44.9 Å². The minimum Gasteiger partial charge on any atom is -0.381 e. The Labute approximate surface area is 148 Å². The van der Waals surface area contributed by atoms with Crippen molar-refractivity contribution >= 4 is 16.8 Å². The molecule has 1 aromatic heterocycles. The van der Waals surface area contributed by atoms with E-state index in [1.807, 2.05) is 17.0 Å². The summed E-state index contributed by atoms with van der Waals surface area (Å²) >= 11 is 0. The number of ether oxygens (including phenoxy) is 2. The van der Waals surface area contributed by atoms with Crippen LogP contribution in [-0.4, -0.2) is 53.4 Å². The molecule has 134 valence electrons. The van der Waals surface area contributed by atoms with Crippen molar-refractivity contribution in [3.8, 4) is 0 Å². The molecule has 5 nitrogen and oxygen atoms in total. The molecule has 1 spiro atoms. The van der Waals surface area contributed by atoms with Crippen molar-refractivity contribution in [1.29, 1.82) is 0 Å². The van der Waals surface area contributed by atoms with Crippen molar-refractivity contribution in [3.05, 3.63) is 36.0 Å². The number of carbonyl (C=O) groups is 1. The lowest BCUT2D eigenvalue weighted by Gasteiger charge is -2.47. The number of morpholine rings is 1. The summed E-state index contributed by atoms with van der Waals surface area (Å²) < 4.78 is 13.8. The predicted molar refractivity (Wildman–Crippen MR) is 96.6 cm³/mol. The monoisotopic (exact) mass is 342 g/mol. The lowest BCUT2D eigenvalue weighted by molar-refractivity contribution is -0.189. The highest BCUT2D eigenvalue weighted by Crippen LogP contribution is 2.31. The SMILES string of the molecule is Cc1cn(CC(=O)N2CC(C)OC3(CCOCC3)C2)c2ccccc12. The molecule has 3 heterocycles. The molecule has 2 fully saturated rings. The van der Waals surface area contributed by atoms with Gasteiger partial charge in [-0.2, -0.15) is 0 Å². The maximum absolute atomic E-state index is 13.0. The molecule has 5 heteroatoms. The zero-order valence-electron chi connectivity index (χ0n) is 15.0. The van der Waals surface area contributed by atoms with Gasteiger partial charge in [0, 0.05) is 49.7 Å². The average Bonchev–Trinajstić information content (AvgIpc) is 2.91. The van der Waals surface area contributed by atoms with Gasteiger partial charge in [0.25, 0.3) is 0 Å². The summed E-state index contributed by atoms with van der Waals surface area (Å²) in [4.78, 5) is 15.0. The number of fused-ring (bicyclic) bond motifs is 1. The number of para-hydroxylation sites is 1.